The molecule has 0 aliphatic carbocycles. The molecule has 0 radical (unpaired) electrons. The fourth-order valence-electron chi connectivity index (χ4n) is 6.78. The van der Waals surface area contributed by atoms with Gasteiger partial charge in [0, 0.05) is 43.6 Å². The Balaban J connectivity index is 1.24. The van der Waals surface area contributed by atoms with E-state index in [1.807, 2.05) is 103 Å². The molecule has 0 N–H and O–H groups in total. The molecule has 0 saturated heterocycles. The minimum Gasteiger partial charge on any atom is -0.456 e. The van der Waals surface area contributed by atoms with Gasteiger partial charge in [0.1, 0.15) is 16.7 Å². The molecular formula is C42H24N4O2. The van der Waals surface area contributed by atoms with Crippen molar-refractivity contribution in [2.45, 2.75) is 0 Å². The molecule has 4 aromatic heterocycles. The molecule has 10 aromatic rings. The highest BCUT2D eigenvalue weighted by Crippen LogP contribution is 2.41. The number of aromatic nitrogens is 4. The van der Waals surface area contributed by atoms with Crippen LogP contribution in [0.2, 0.25) is 0 Å². The van der Waals surface area contributed by atoms with Crippen LogP contribution in [-0.2, 0) is 0 Å². The average Bonchev–Trinajstić information content (AvgIpc) is 3.72. The Morgan fingerprint density at radius 3 is 1.85 bits per heavy atom. The molecule has 0 spiro atoms. The Morgan fingerprint density at radius 2 is 0.979 bits per heavy atom. The summed E-state index contributed by atoms with van der Waals surface area (Å²) < 4.78 is 12.6. The topological polar surface area (TPSA) is 77.8 Å². The van der Waals surface area contributed by atoms with Gasteiger partial charge in [0.2, 0.25) is 5.71 Å². The number of hydrogen-bond donors (Lipinski definition) is 0. The van der Waals surface area contributed by atoms with Crippen LogP contribution in [0.4, 0.5) is 0 Å². The molecule has 224 valence electrons. The summed E-state index contributed by atoms with van der Waals surface area (Å²) in [7, 11) is 0. The van der Waals surface area contributed by atoms with Crippen molar-refractivity contribution in [2.75, 3.05) is 0 Å². The lowest BCUT2D eigenvalue weighted by atomic mass is 9.95. The summed E-state index contributed by atoms with van der Waals surface area (Å²) in [6, 6.07) is 48.8. The Bertz CT molecular complexity index is 2850. The van der Waals surface area contributed by atoms with Crippen LogP contribution in [0, 0.1) is 0 Å². The third-order valence-corrected chi connectivity index (χ3v) is 8.96. The van der Waals surface area contributed by atoms with Crippen molar-refractivity contribution in [1.29, 1.82) is 0 Å². The maximum atomic E-state index is 6.33. The van der Waals surface area contributed by atoms with Crippen molar-refractivity contribution >= 4 is 54.9 Å². The first-order valence-corrected chi connectivity index (χ1v) is 15.8. The molecule has 0 bridgehead atoms. The molecule has 6 heteroatoms. The van der Waals surface area contributed by atoms with Crippen LogP contribution < -0.4 is 0 Å². The first kappa shape index (κ1) is 26.5. The van der Waals surface area contributed by atoms with E-state index in [1.54, 1.807) is 0 Å². The summed E-state index contributed by atoms with van der Waals surface area (Å²) in [4.78, 5) is 20.2. The minimum absolute atomic E-state index is 0.577. The summed E-state index contributed by atoms with van der Waals surface area (Å²) in [5.74, 6) is 1.75. The predicted octanol–water partition coefficient (Wildman–Crippen LogP) is 10.9. The zero-order valence-electron chi connectivity index (χ0n) is 25.5. The van der Waals surface area contributed by atoms with Gasteiger partial charge >= 0.3 is 0 Å². The van der Waals surface area contributed by atoms with E-state index in [0.717, 1.165) is 77.0 Å². The van der Waals surface area contributed by atoms with Crippen molar-refractivity contribution in [1.82, 2.24) is 19.9 Å². The molecule has 6 nitrogen and oxygen atoms in total. The largest absolute Gasteiger partial charge is 0.456 e. The Labute approximate surface area is 274 Å². The van der Waals surface area contributed by atoms with Crippen molar-refractivity contribution < 1.29 is 8.83 Å². The average molecular weight is 617 g/mol. The summed E-state index contributed by atoms with van der Waals surface area (Å²) in [6.07, 6.45) is 0. The summed E-state index contributed by atoms with van der Waals surface area (Å²) in [6.45, 7) is 0. The fourth-order valence-corrected chi connectivity index (χ4v) is 6.78. The highest BCUT2D eigenvalue weighted by Gasteiger charge is 2.21. The van der Waals surface area contributed by atoms with Crippen molar-refractivity contribution in [3.8, 4) is 45.3 Å². The molecular weight excluding hydrogens is 592 g/mol. The van der Waals surface area contributed by atoms with Gasteiger partial charge in [0.15, 0.2) is 17.5 Å². The van der Waals surface area contributed by atoms with Crippen molar-refractivity contribution in [2.24, 2.45) is 0 Å². The molecule has 10 rings (SSSR count). The first-order valence-electron chi connectivity index (χ1n) is 15.8. The lowest BCUT2D eigenvalue weighted by Gasteiger charge is -2.13. The molecule has 0 saturated carbocycles. The highest BCUT2D eigenvalue weighted by atomic mass is 16.3. The molecule has 4 heterocycles. The van der Waals surface area contributed by atoms with Crippen LogP contribution in [0.15, 0.2) is 154 Å². The SMILES string of the molecule is c1ccc(-c2nc(-c3ccccc3-c3cccc4oc5nc6ccccc6cc5c34)nc(-c3cccc4oc5ccccc5c34)n2)cc1. The quantitative estimate of drug-likeness (QED) is 0.196. The molecule has 48 heavy (non-hydrogen) atoms. The maximum Gasteiger partial charge on any atom is 0.227 e. The van der Waals surface area contributed by atoms with Gasteiger partial charge in [-0.2, -0.15) is 0 Å². The number of hydrogen-bond acceptors (Lipinski definition) is 6. The lowest BCUT2D eigenvalue weighted by molar-refractivity contribution is 0.656. The van der Waals surface area contributed by atoms with E-state index >= 15 is 0 Å². The minimum atomic E-state index is 0.577. The molecule has 0 aliphatic heterocycles. The fraction of sp³-hybridized carbons (Fsp3) is 0. The van der Waals surface area contributed by atoms with Gasteiger partial charge in [0.05, 0.1) is 5.52 Å². The zero-order valence-corrected chi connectivity index (χ0v) is 25.5. The number of nitrogens with zero attached hydrogens (tertiary/aromatic N) is 4. The van der Waals surface area contributed by atoms with E-state index in [2.05, 4.69) is 42.5 Å². The van der Waals surface area contributed by atoms with E-state index < -0.39 is 0 Å². The second kappa shape index (κ2) is 10.4. The van der Waals surface area contributed by atoms with Crippen LogP contribution in [0.1, 0.15) is 0 Å². The van der Waals surface area contributed by atoms with E-state index in [9.17, 15) is 0 Å². The number of benzene rings is 6. The lowest BCUT2D eigenvalue weighted by Crippen LogP contribution is -2.01. The number of rotatable bonds is 4. The zero-order chi connectivity index (χ0) is 31.6. The van der Waals surface area contributed by atoms with E-state index in [0.29, 0.717) is 23.2 Å². The van der Waals surface area contributed by atoms with E-state index in [1.165, 1.54) is 0 Å². The second-order valence-corrected chi connectivity index (χ2v) is 11.8. The summed E-state index contributed by atoms with van der Waals surface area (Å²) >= 11 is 0. The number of furan rings is 2. The van der Waals surface area contributed by atoms with Gasteiger partial charge in [-0.25, -0.2) is 19.9 Å². The molecule has 0 unspecified atom stereocenters. The summed E-state index contributed by atoms with van der Waals surface area (Å²) in [5, 5.41) is 5.03. The van der Waals surface area contributed by atoms with Crippen molar-refractivity contribution in [3.63, 3.8) is 0 Å². The third-order valence-electron chi connectivity index (χ3n) is 8.96. The summed E-state index contributed by atoms with van der Waals surface area (Å²) in [5.41, 5.74) is 8.59. The van der Waals surface area contributed by atoms with E-state index in [-0.39, 0.29) is 0 Å². The van der Waals surface area contributed by atoms with E-state index in [4.69, 9.17) is 28.8 Å². The molecule has 6 aromatic carbocycles. The molecule has 0 amide bonds. The van der Waals surface area contributed by atoms with Gasteiger partial charge in [0.25, 0.3) is 0 Å². The molecule has 0 fully saturated rings. The van der Waals surface area contributed by atoms with Crippen LogP contribution in [-0.4, -0.2) is 19.9 Å². The molecule has 0 aliphatic rings. The monoisotopic (exact) mass is 616 g/mol. The van der Waals surface area contributed by atoms with Crippen LogP contribution in [0.3, 0.4) is 0 Å². The number of fused-ring (bicyclic) bond motifs is 7. The van der Waals surface area contributed by atoms with Gasteiger partial charge < -0.3 is 8.83 Å². The normalized spacial score (nSPS) is 11.8. The van der Waals surface area contributed by atoms with Crippen LogP contribution in [0.5, 0.6) is 0 Å². The predicted molar refractivity (Wildman–Crippen MR) is 191 cm³/mol. The van der Waals surface area contributed by atoms with Gasteiger partial charge in [-0.15, -0.1) is 0 Å². The highest BCUT2D eigenvalue weighted by molar-refractivity contribution is 6.15. The van der Waals surface area contributed by atoms with Crippen molar-refractivity contribution in [3.05, 3.63) is 146 Å². The standard InChI is InChI=1S/C42H24N4O2/c1-2-12-25(13-3-1)39-44-40(46-41(45-39)31-19-11-22-35-38(31)30-17-7-9-21-34(30)47-35)29-16-6-5-15-27(29)28-18-10-23-36-37(28)32-24-26-14-4-8-20-33(26)43-42(32)48-36/h1-24H. The Kier molecular flexibility index (Phi) is 5.77. The number of pyridine rings is 1. The third kappa shape index (κ3) is 4.13. The van der Waals surface area contributed by atoms with Gasteiger partial charge in [-0.1, -0.05) is 115 Å². The first-order chi connectivity index (χ1) is 23.8. The van der Waals surface area contributed by atoms with Gasteiger partial charge in [-0.05, 0) is 41.5 Å². The number of para-hydroxylation sites is 2. The Hall–Kier alpha value is -6.66. The second-order valence-electron chi connectivity index (χ2n) is 11.8. The Morgan fingerprint density at radius 1 is 0.375 bits per heavy atom. The van der Waals surface area contributed by atoms with Gasteiger partial charge in [-0.3, -0.25) is 0 Å². The smallest absolute Gasteiger partial charge is 0.227 e. The molecule has 0 atom stereocenters. The van der Waals surface area contributed by atoms with Crippen LogP contribution >= 0.6 is 0 Å². The maximum absolute atomic E-state index is 6.33. The van der Waals surface area contributed by atoms with Crippen LogP contribution in [0.25, 0.3) is 100 Å².